The smallest absolute Gasteiger partial charge is 0.146 e. The maximum atomic E-state index is 13.8. The van der Waals surface area contributed by atoms with Gasteiger partial charge in [0.1, 0.15) is 11.6 Å². The van der Waals surface area contributed by atoms with Crippen molar-refractivity contribution in [1.29, 1.82) is 0 Å². The molecular formula is C17H19FN2O. The van der Waals surface area contributed by atoms with Crippen LogP contribution < -0.4 is 15.4 Å². The van der Waals surface area contributed by atoms with E-state index in [1.165, 1.54) is 17.3 Å². The molecule has 0 unspecified atom stereocenters. The van der Waals surface area contributed by atoms with Crippen molar-refractivity contribution >= 4 is 11.4 Å². The lowest BCUT2D eigenvalue weighted by Crippen LogP contribution is -2.15. The fourth-order valence-electron chi connectivity index (χ4n) is 2.69. The van der Waals surface area contributed by atoms with Crippen molar-refractivity contribution < 1.29 is 9.13 Å². The van der Waals surface area contributed by atoms with E-state index in [0.717, 1.165) is 24.9 Å². The van der Waals surface area contributed by atoms with Crippen LogP contribution in [0.4, 0.5) is 15.8 Å². The van der Waals surface area contributed by atoms with Crippen LogP contribution in [0.15, 0.2) is 36.4 Å². The Morgan fingerprint density at radius 2 is 2.19 bits per heavy atom. The molecule has 2 N–H and O–H groups in total. The molecule has 1 aliphatic heterocycles. The van der Waals surface area contributed by atoms with Gasteiger partial charge in [-0.25, -0.2) is 4.39 Å². The highest BCUT2D eigenvalue weighted by molar-refractivity contribution is 5.60. The maximum absolute atomic E-state index is 13.8. The van der Waals surface area contributed by atoms with E-state index < -0.39 is 0 Å². The van der Waals surface area contributed by atoms with Crippen LogP contribution in [-0.4, -0.2) is 13.7 Å². The monoisotopic (exact) mass is 286 g/mol. The lowest BCUT2D eigenvalue weighted by molar-refractivity contribution is 0.414. The van der Waals surface area contributed by atoms with Crippen molar-refractivity contribution in [3.63, 3.8) is 0 Å². The van der Waals surface area contributed by atoms with Gasteiger partial charge in [0, 0.05) is 24.8 Å². The first-order valence-corrected chi connectivity index (χ1v) is 7.20. The highest BCUT2D eigenvalue weighted by Crippen LogP contribution is 2.27. The van der Waals surface area contributed by atoms with E-state index in [2.05, 4.69) is 28.8 Å². The van der Waals surface area contributed by atoms with Crippen LogP contribution in [0.25, 0.3) is 0 Å². The molecule has 0 saturated heterocycles. The summed E-state index contributed by atoms with van der Waals surface area (Å²) in [7, 11) is 1.58. The van der Waals surface area contributed by atoms with Crippen LogP contribution in [-0.2, 0) is 13.0 Å². The molecule has 0 saturated carbocycles. The SMILES string of the molecule is COc1ccc(F)c(NCc2cccc3c2NCCC3)c1. The van der Waals surface area contributed by atoms with Crippen LogP contribution >= 0.6 is 0 Å². The molecule has 3 rings (SSSR count). The summed E-state index contributed by atoms with van der Waals surface area (Å²) in [6.45, 7) is 1.58. The first-order valence-electron chi connectivity index (χ1n) is 7.20. The largest absolute Gasteiger partial charge is 0.497 e. The van der Waals surface area contributed by atoms with E-state index in [1.54, 1.807) is 19.2 Å². The molecular weight excluding hydrogens is 267 g/mol. The predicted octanol–water partition coefficient (Wildman–Crippen LogP) is 3.80. The van der Waals surface area contributed by atoms with Crippen molar-refractivity contribution in [3.8, 4) is 5.75 Å². The molecule has 2 aromatic rings. The van der Waals surface area contributed by atoms with Gasteiger partial charge in [0.2, 0.25) is 0 Å². The summed E-state index contributed by atoms with van der Waals surface area (Å²) in [4.78, 5) is 0. The van der Waals surface area contributed by atoms with Gasteiger partial charge in [-0.2, -0.15) is 0 Å². The van der Waals surface area contributed by atoms with Crippen molar-refractivity contribution in [3.05, 3.63) is 53.3 Å². The Labute approximate surface area is 124 Å². The lowest BCUT2D eigenvalue weighted by atomic mass is 9.99. The van der Waals surface area contributed by atoms with E-state index >= 15 is 0 Å². The van der Waals surface area contributed by atoms with E-state index in [9.17, 15) is 4.39 Å². The van der Waals surface area contributed by atoms with Crippen molar-refractivity contribution in [2.45, 2.75) is 19.4 Å². The number of fused-ring (bicyclic) bond motifs is 1. The molecule has 0 atom stereocenters. The summed E-state index contributed by atoms with van der Waals surface area (Å²) in [5.41, 5.74) is 4.16. The number of hydrogen-bond donors (Lipinski definition) is 2. The van der Waals surface area contributed by atoms with E-state index in [4.69, 9.17) is 4.74 Å². The van der Waals surface area contributed by atoms with Gasteiger partial charge in [0.05, 0.1) is 12.8 Å². The molecule has 0 fully saturated rings. The molecule has 0 aliphatic carbocycles. The molecule has 4 heteroatoms. The van der Waals surface area contributed by atoms with Gasteiger partial charge in [-0.05, 0) is 36.1 Å². The van der Waals surface area contributed by atoms with Crippen molar-refractivity contribution in [2.75, 3.05) is 24.3 Å². The number of aryl methyl sites for hydroxylation is 1. The number of hydrogen-bond acceptors (Lipinski definition) is 3. The third-order valence-corrected chi connectivity index (χ3v) is 3.80. The number of halogens is 1. The highest BCUT2D eigenvalue weighted by Gasteiger charge is 2.12. The van der Waals surface area contributed by atoms with Crippen molar-refractivity contribution in [1.82, 2.24) is 0 Å². The normalized spacial score (nSPS) is 13.2. The number of anilines is 2. The maximum Gasteiger partial charge on any atom is 0.146 e. The van der Waals surface area contributed by atoms with Gasteiger partial charge in [-0.15, -0.1) is 0 Å². The minimum absolute atomic E-state index is 0.270. The number of rotatable bonds is 4. The van der Waals surface area contributed by atoms with Crippen LogP contribution in [0.5, 0.6) is 5.75 Å². The molecule has 0 bridgehead atoms. The van der Waals surface area contributed by atoms with Crippen LogP contribution in [0.2, 0.25) is 0 Å². The Morgan fingerprint density at radius 1 is 1.29 bits per heavy atom. The number of benzene rings is 2. The molecule has 0 spiro atoms. The Kier molecular flexibility index (Phi) is 3.95. The molecule has 3 nitrogen and oxygen atoms in total. The number of nitrogens with one attached hydrogen (secondary N) is 2. The highest BCUT2D eigenvalue weighted by atomic mass is 19.1. The Bertz CT molecular complexity index is 643. The lowest BCUT2D eigenvalue weighted by Gasteiger charge is -2.21. The average molecular weight is 286 g/mol. The second kappa shape index (κ2) is 6.04. The first-order chi connectivity index (χ1) is 10.3. The second-order valence-electron chi connectivity index (χ2n) is 5.18. The number of ether oxygens (including phenoxy) is 1. The van der Waals surface area contributed by atoms with E-state index in [0.29, 0.717) is 18.0 Å². The summed E-state index contributed by atoms with van der Waals surface area (Å²) in [6.07, 6.45) is 2.26. The molecule has 0 aromatic heterocycles. The first kappa shape index (κ1) is 13.7. The number of methoxy groups -OCH3 is 1. The summed E-state index contributed by atoms with van der Waals surface area (Å²) in [6, 6.07) is 11.0. The fourth-order valence-corrected chi connectivity index (χ4v) is 2.69. The second-order valence-corrected chi connectivity index (χ2v) is 5.18. The molecule has 0 radical (unpaired) electrons. The third-order valence-electron chi connectivity index (χ3n) is 3.80. The Hall–Kier alpha value is -2.23. The predicted molar refractivity (Wildman–Crippen MR) is 83.5 cm³/mol. The fraction of sp³-hybridized carbons (Fsp3) is 0.294. The average Bonchev–Trinajstić information content (AvgIpc) is 2.54. The van der Waals surface area contributed by atoms with E-state index in [1.807, 2.05) is 0 Å². The Balaban J connectivity index is 1.79. The molecule has 21 heavy (non-hydrogen) atoms. The minimum atomic E-state index is -0.270. The molecule has 1 aliphatic rings. The molecule has 0 amide bonds. The van der Waals surface area contributed by atoms with Gasteiger partial charge in [0.25, 0.3) is 0 Å². The molecule has 2 aromatic carbocycles. The summed E-state index contributed by atoms with van der Waals surface area (Å²) >= 11 is 0. The standard InChI is InChI=1S/C17H19FN2O/c1-21-14-7-8-15(18)16(10-14)20-11-13-5-2-4-12-6-3-9-19-17(12)13/h2,4-5,7-8,10,19-20H,3,6,9,11H2,1H3. The number of para-hydroxylation sites is 1. The Morgan fingerprint density at radius 3 is 3.05 bits per heavy atom. The zero-order chi connectivity index (χ0) is 14.7. The van der Waals surface area contributed by atoms with Gasteiger partial charge in [-0.1, -0.05) is 18.2 Å². The minimum Gasteiger partial charge on any atom is -0.497 e. The van der Waals surface area contributed by atoms with Gasteiger partial charge >= 0.3 is 0 Å². The van der Waals surface area contributed by atoms with Crippen LogP contribution in [0.3, 0.4) is 0 Å². The third kappa shape index (κ3) is 2.94. The summed E-state index contributed by atoms with van der Waals surface area (Å²) in [5, 5.41) is 6.61. The molecule has 1 heterocycles. The van der Waals surface area contributed by atoms with Gasteiger partial charge < -0.3 is 15.4 Å². The van der Waals surface area contributed by atoms with Crippen LogP contribution in [0, 0.1) is 5.82 Å². The van der Waals surface area contributed by atoms with Gasteiger partial charge in [0.15, 0.2) is 0 Å². The topological polar surface area (TPSA) is 33.3 Å². The molecule has 110 valence electrons. The van der Waals surface area contributed by atoms with E-state index in [-0.39, 0.29) is 5.82 Å². The zero-order valence-electron chi connectivity index (χ0n) is 12.1. The summed E-state index contributed by atoms with van der Waals surface area (Å²) in [5.74, 6) is 0.376. The van der Waals surface area contributed by atoms with Crippen LogP contribution in [0.1, 0.15) is 17.5 Å². The van der Waals surface area contributed by atoms with Crippen molar-refractivity contribution in [2.24, 2.45) is 0 Å². The van der Waals surface area contributed by atoms with Gasteiger partial charge in [-0.3, -0.25) is 0 Å². The quantitative estimate of drug-likeness (QED) is 0.897. The zero-order valence-corrected chi connectivity index (χ0v) is 12.1. The summed E-state index contributed by atoms with van der Waals surface area (Å²) < 4.78 is 18.9.